The predicted molar refractivity (Wildman–Crippen MR) is 133 cm³/mol. The fourth-order valence-corrected chi connectivity index (χ4v) is 5.25. The number of nitrogens with zero attached hydrogens (tertiary/aromatic N) is 9. The van der Waals surface area contributed by atoms with Crippen LogP contribution in [0.3, 0.4) is 0 Å². The Morgan fingerprint density at radius 2 is 1.97 bits per heavy atom. The summed E-state index contributed by atoms with van der Waals surface area (Å²) < 4.78 is 5.20. The lowest BCUT2D eigenvalue weighted by molar-refractivity contribution is 0.0985. The van der Waals surface area contributed by atoms with Crippen LogP contribution in [-0.4, -0.2) is 58.9 Å². The summed E-state index contributed by atoms with van der Waals surface area (Å²) in [6, 6.07) is 10.3. The highest BCUT2D eigenvalue weighted by Gasteiger charge is 2.36. The van der Waals surface area contributed by atoms with Crippen LogP contribution in [0.2, 0.25) is 0 Å². The molecule has 5 heterocycles. The normalized spacial score (nSPS) is 19.9. The third-order valence-electron chi connectivity index (χ3n) is 7.33. The first kappa shape index (κ1) is 23.1. The molecule has 0 aromatic carbocycles. The van der Waals surface area contributed by atoms with Crippen LogP contribution >= 0.6 is 0 Å². The van der Waals surface area contributed by atoms with Gasteiger partial charge < -0.3 is 4.90 Å². The number of hydrogen-bond acceptors (Lipinski definition) is 7. The van der Waals surface area contributed by atoms with Crippen molar-refractivity contribution in [3.63, 3.8) is 0 Å². The summed E-state index contributed by atoms with van der Waals surface area (Å²) in [6.07, 6.45) is 5.84. The van der Waals surface area contributed by atoms with Crippen LogP contribution in [0.25, 0.3) is 11.3 Å². The first-order chi connectivity index (χ1) is 16.9. The van der Waals surface area contributed by atoms with Gasteiger partial charge in [-0.3, -0.25) is 14.3 Å². The quantitative estimate of drug-likeness (QED) is 0.424. The molecule has 1 unspecified atom stereocenters. The van der Waals surface area contributed by atoms with Crippen LogP contribution in [-0.2, 0) is 13.5 Å². The van der Waals surface area contributed by atoms with E-state index in [-0.39, 0.29) is 30.1 Å². The summed E-state index contributed by atoms with van der Waals surface area (Å²) in [4.78, 5) is 22.6. The van der Waals surface area contributed by atoms with E-state index in [9.17, 15) is 4.79 Å². The van der Waals surface area contributed by atoms with E-state index in [1.807, 2.05) is 22.8 Å². The van der Waals surface area contributed by atoms with Gasteiger partial charge >= 0.3 is 0 Å². The van der Waals surface area contributed by atoms with Crippen molar-refractivity contribution in [3.05, 3.63) is 58.4 Å². The highest BCUT2D eigenvalue weighted by molar-refractivity contribution is 5.52. The number of piperazine rings is 1. The van der Waals surface area contributed by atoms with E-state index in [0.29, 0.717) is 11.3 Å². The Labute approximate surface area is 204 Å². The summed E-state index contributed by atoms with van der Waals surface area (Å²) in [5, 5.41) is 18.1. The van der Waals surface area contributed by atoms with Crippen molar-refractivity contribution in [2.75, 3.05) is 18.0 Å². The number of fused-ring (bicyclic) bond motifs is 2. The zero-order chi connectivity index (χ0) is 24.7. The molecule has 10 heteroatoms. The summed E-state index contributed by atoms with van der Waals surface area (Å²) in [5.74, 6) is 0.795. The molecule has 0 aliphatic carbocycles. The van der Waals surface area contributed by atoms with Gasteiger partial charge in [-0.05, 0) is 25.8 Å². The molecule has 0 saturated carbocycles. The molecular weight excluding hydrogens is 442 g/mol. The van der Waals surface area contributed by atoms with Gasteiger partial charge in [-0.2, -0.15) is 15.5 Å². The van der Waals surface area contributed by atoms with Gasteiger partial charge in [-0.25, -0.2) is 14.0 Å². The first-order valence-electron chi connectivity index (χ1n) is 12.2. The smallest absolute Gasteiger partial charge is 0.255 e. The van der Waals surface area contributed by atoms with E-state index in [1.54, 1.807) is 28.4 Å². The first-order valence-corrected chi connectivity index (χ1v) is 12.2. The number of anilines is 1. The molecule has 0 amide bonds. The lowest BCUT2D eigenvalue weighted by atomic mass is 9.99. The Kier molecular flexibility index (Phi) is 6.03. The second-order valence-corrected chi connectivity index (χ2v) is 9.28. The third kappa shape index (κ3) is 3.96. The molecule has 10 nitrogen and oxygen atoms in total. The maximum absolute atomic E-state index is 12.9. The maximum Gasteiger partial charge on any atom is 0.255 e. The Morgan fingerprint density at radius 1 is 1.17 bits per heavy atom. The van der Waals surface area contributed by atoms with Crippen LogP contribution in [0, 0.1) is 11.3 Å². The van der Waals surface area contributed by atoms with Crippen molar-refractivity contribution in [2.24, 2.45) is 7.05 Å². The SMILES string of the molecule is CC[C@H]1CN(C(C)c2ccn3nccc3n2)[C@H](CC)CN1c1cc(=O)n(C)c2cc(CC#N)nn12. The fourth-order valence-electron chi connectivity index (χ4n) is 5.25. The van der Waals surface area contributed by atoms with Gasteiger partial charge in [0.15, 0.2) is 5.65 Å². The topological polar surface area (TPSA) is 99.8 Å². The number of hydrogen-bond donors (Lipinski definition) is 0. The van der Waals surface area contributed by atoms with Crippen LogP contribution in [0.5, 0.6) is 0 Å². The monoisotopic (exact) mass is 473 g/mol. The van der Waals surface area contributed by atoms with Gasteiger partial charge in [-0.15, -0.1) is 0 Å². The van der Waals surface area contributed by atoms with Gasteiger partial charge in [0.05, 0.1) is 30.1 Å². The van der Waals surface area contributed by atoms with E-state index < -0.39 is 0 Å². The Morgan fingerprint density at radius 3 is 2.71 bits per heavy atom. The molecule has 5 rings (SSSR count). The van der Waals surface area contributed by atoms with Crippen molar-refractivity contribution < 1.29 is 0 Å². The van der Waals surface area contributed by atoms with Crippen molar-refractivity contribution in [1.82, 2.24) is 33.7 Å². The lowest BCUT2D eigenvalue weighted by Gasteiger charge is -2.49. The molecule has 0 spiro atoms. The molecule has 35 heavy (non-hydrogen) atoms. The Balaban J connectivity index is 1.51. The second kappa shape index (κ2) is 9.15. The van der Waals surface area contributed by atoms with Gasteiger partial charge in [0.25, 0.3) is 5.56 Å². The molecule has 3 atom stereocenters. The molecular formula is C25H31N9O. The standard InChI is InChI=1S/C25H31N9O/c1-5-19-16-32(24-14-25(35)30(4)23-13-18(7-10-26)29-34(23)24)20(6-2)15-31(19)17(3)21-9-12-33-22(28-21)8-11-27-33/h8-9,11-14,17,19-20H,5-7,15-16H2,1-4H3/t17?,19-,20+/m1/s1. The number of aryl methyl sites for hydroxylation is 1. The van der Waals surface area contributed by atoms with E-state index >= 15 is 0 Å². The molecule has 0 N–H and O–H groups in total. The van der Waals surface area contributed by atoms with Crippen molar-refractivity contribution in [3.8, 4) is 6.07 Å². The largest absolute Gasteiger partial charge is 0.351 e. The summed E-state index contributed by atoms with van der Waals surface area (Å²) in [6.45, 7) is 8.25. The number of nitriles is 1. The lowest BCUT2D eigenvalue weighted by Crippen LogP contribution is -2.59. The van der Waals surface area contributed by atoms with Crippen molar-refractivity contribution in [2.45, 2.75) is 58.2 Å². The Hall–Kier alpha value is -3.71. The van der Waals surface area contributed by atoms with Crippen molar-refractivity contribution >= 4 is 17.1 Å². The van der Waals surface area contributed by atoms with E-state index in [1.165, 1.54) is 0 Å². The van der Waals surface area contributed by atoms with E-state index in [4.69, 9.17) is 10.2 Å². The maximum atomic E-state index is 12.9. The van der Waals surface area contributed by atoms with Crippen LogP contribution in [0.1, 0.15) is 51.0 Å². The highest BCUT2D eigenvalue weighted by Crippen LogP contribution is 2.31. The molecule has 4 aromatic rings. The predicted octanol–water partition coefficient (Wildman–Crippen LogP) is 2.58. The number of rotatable bonds is 6. The van der Waals surface area contributed by atoms with Gasteiger partial charge in [0.2, 0.25) is 0 Å². The molecule has 1 saturated heterocycles. The summed E-state index contributed by atoms with van der Waals surface area (Å²) in [5.41, 5.74) is 3.18. The summed E-state index contributed by atoms with van der Waals surface area (Å²) in [7, 11) is 1.75. The minimum absolute atomic E-state index is 0.0760. The van der Waals surface area contributed by atoms with Gasteiger partial charge in [0.1, 0.15) is 11.5 Å². The van der Waals surface area contributed by atoms with E-state index in [2.05, 4.69) is 52.9 Å². The fraction of sp³-hybridized carbons (Fsp3) is 0.480. The second-order valence-electron chi connectivity index (χ2n) is 9.28. The molecule has 0 radical (unpaired) electrons. The number of aromatic nitrogens is 6. The van der Waals surface area contributed by atoms with Gasteiger partial charge in [0, 0.05) is 62.7 Å². The van der Waals surface area contributed by atoms with E-state index in [0.717, 1.165) is 43.1 Å². The zero-order valence-corrected chi connectivity index (χ0v) is 20.7. The molecule has 0 bridgehead atoms. The zero-order valence-electron chi connectivity index (χ0n) is 20.7. The highest BCUT2D eigenvalue weighted by atomic mass is 16.1. The third-order valence-corrected chi connectivity index (χ3v) is 7.33. The minimum Gasteiger partial charge on any atom is -0.351 e. The van der Waals surface area contributed by atoms with Crippen LogP contribution in [0.4, 0.5) is 5.82 Å². The molecule has 1 aliphatic rings. The molecule has 4 aromatic heterocycles. The Bertz CT molecular complexity index is 1460. The average Bonchev–Trinajstić information content (AvgIpc) is 3.52. The minimum atomic E-state index is -0.0760. The summed E-state index contributed by atoms with van der Waals surface area (Å²) >= 11 is 0. The van der Waals surface area contributed by atoms with Gasteiger partial charge in [-0.1, -0.05) is 13.8 Å². The van der Waals surface area contributed by atoms with Crippen molar-refractivity contribution in [1.29, 1.82) is 5.26 Å². The molecule has 1 fully saturated rings. The van der Waals surface area contributed by atoms with Crippen LogP contribution < -0.4 is 10.5 Å². The molecule has 1 aliphatic heterocycles. The van der Waals surface area contributed by atoms with Crippen LogP contribution in [0.15, 0.2) is 41.5 Å². The molecule has 182 valence electrons. The average molecular weight is 474 g/mol.